The van der Waals surface area contributed by atoms with Crippen molar-refractivity contribution in [1.29, 1.82) is 0 Å². The van der Waals surface area contributed by atoms with Crippen LogP contribution >= 0.6 is 0 Å². The molecule has 0 aliphatic carbocycles. The van der Waals surface area contributed by atoms with Crippen molar-refractivity contribution >= 4 is 12.1 Å². The number of nitrogens with one attached hydrogen (secondary N) is 1. The quantitative estimate of drug-likeness (QED) is 0.643. The number of esters is 1. The van der Waals surface area contributed by atoms with Crippen molar-refractivity contribution < 1.29 is 23.9 Å². The number of amides is 1. The second-order valence-corrected chi connectivity index (χ2v) is 9.12. The van der Waals surface area contributed by atoms with Gasteiger partial charge in [0.1, 0.15) is 17.6 Å². The monoisotopic (exact) mass is 420 g/mol. The van der Waals surface area contributed by atoms with Gasteiger partial charge in [0.05, 0.1) is 12.6 Å². The van der Waals surface area contributed by atoms with Crippen molar-refractivity contribution in [2.75, 3.05) is 13.2 Å². The van der Waals surface area contributed by atoms with Crippen LogP contribution < -0.4 is 5.32 Å². The Morgan fingerprint density at radius 3 is 2.47 bits per heavy atom. The highest BCUT2D eigenvalue weighted by Crippen LogP contribution is 2.29. The third kappa shape index (κ3) is 7.61. The van der Waals surface area contributed by atoms with Crippen LogP contribution in [0.25, 0.3) is 0 Å². The summed E-state index contributed by atoms with van der Waals surface area (Å²) in [6, 6.07) is 9.55. The van der Waals surface area contributed by atoms with E-state index < -0.39 is 23.7 Å². The van der Waals surface area contributed by atoms with Gasteiger partial charge in [0.2, 0.25) is 0 Å². The van der Waals surface area contributed by atoms with Gasteiger partial charge in [0.25, 0.3) is 0 Å². The minimum Gasteiger partial charge on any atom is -0.466 e. The summed E-state index contributed by atoms with van der Waals surface area (Å²) in [5.74, 6) is -0.510. The van der Waals surface area contributed by atoms with Gasteiger partial charge in [-0.25, -0.2) is 4.79 Å². The van der Waals surface area contributed by atoms with E-state index in [0.717, 1.165) is 5.56 Å². The van der Waals surface area contributed by atoms with E-state index in [1.165, 1.54) is 0 Å². The van der Waals surface area contributed by atoms with Gasteiger partial charge in [-0.2, -0.15) is 5.06 Å². The van der Waals surface area contributed by atoms with Crippen LogP contribution in [0.3, 0.4) is 0 Å². The number of alkyl carbamates (subject to hydrolysis) is 1. The fourth-order valence-electron chi connectivity index (χ4n) is 3.55. The van der Waals surface area contributed by atoms with E-state index in [2.05, 4.69) is 19.2 Å². The highest BCUT2D eigenvalue weighted by molar-refractivity contribution is 5.74. The van der Waals surface area contributed by atoms with E-state index >= 15 is 0 Å². The van der Waals surface area contributed by atoms with Crippen molar-refractivity contribution in [3.05, 3.63) is 35.9 Å². The van der Waals surface area contributed by atoms with E-state index in [-0.39, 0.29) is 12.0 Å². The lowest BCUT2D eigenvalue weighted by Crippen LogP contribution is -2.49. The SMILES string of the molecule is CCOC(=O)C1CN(Cc2ccccc2)OC1[C@H](CC(C)C)NC(=O)OC(C)(C)C. The molecule has 2 rings (SSSR count). The van der Waals surface area contributed by atoms with E-state index in [1.54, 1.807) is 12.0 Å². The Labute approximate surface area is 180 Å². The van der Waals surface area contributed by atoms with Crippen molar-refractivity contribution in [3.63, 3.8) is 0 Å². The second-order valence-electron chi connectivity index (χ2n) is 9.12. The third-order valence-corrected chi connectivity index (χ3v) is 4.68. The molecule has 1 heterocycles. The van der Waals surface area contributed by atoms with E-state index in [4.69, 9.17) is 14.3 Å². The van der Waals surface area contributed by atoms with Crippen LogP contribution in [-0.4, -0.2) is 48.0 Å². The molecular weight excluding hydrogens is 384 g/mol. The Kier molecular flexibility index (Phi) is 8.67. The molecule has 7 heteroatoms. The zero-order valence-electron chi connectivity index (χ0n) is 19.0. The molecule has 1 fully saturated rings. The summed E-state index contributed by atoms with van der Waals surface area (Å²) in [7, 11) is 0. The molecule has 1 aromatic carbocycles. The molecule has 1 aromatic rings. The van der Waals surface area contributed by atoms with Crippen LogP contribution in [-0.2, 0) is 25.7 Å². The lowest BCUT2D eigenvalue weighted by molar-refractivity contribution is -0.167. The van der Waals surface area contributed by atoms with Gasteiger partial charge in [-0.05, 0) is 45.6 Å². The average Bonchev–Trinajstić information content (AvgIpc) is 3.04. The standard InChI is InChI=1S/C23H36N2O5/c1-7-28-21(26)18-15-25(14-17-11-9-8-10-12-17)30-20(18)19(13-16(2)3)24-22(27)29-23(4,5)6/h8-12,16,18-20H,7,13-15H2,1-6H3,(H,24,27)/t18?,19-,20?/m0/s1. The molecule has 30 heavy (non-hydrogen) atoms. The number of hydroxylamine groups is 2. The van der Waals surface area contributed by atoms with E-state index in [0.29, 0.717) is 32.0 Å². The third-order valence-electron chi connectivity index (χ3n) is 4.68. The first-order chi connectivity index (χ1) is 14.1. The molecule has 1 N–H and O–H groups in total. The molecule has 1 aliphatic heterocycles. The summed E-state index contributed by atoms with van der Waals surface area (Å²) < 4.78 is 10.7. The fraction of sp³-hybridized carbons (Fsp3) is 0.652. The highest BCUT2D eigenvalue weighted by atomic mass is 16.7. The minimum atomic E-state index is -0.608. The first kappa shape index (κ1) is 24.2. The zero-order chi connectivity index (χ0) is 22.3. The molecule has 0 bridgehead atoms. The lowest BCUT2D eigenvalue weighted by atomic mass is 9.91. The van der Waals surface area contributed by atoms with Crippen LogP contribution in [0.1, 0.15) is 53.5 Å². The smallest absolute Gasteiger partial charge is 0.407 e. The van der Waals surface area contributed by atoms with Crippen LogP contribution in [0.2, 0.25) is 0 Å². The lowest BCUT2D eigenvalue weighted by Gasteiger charge is -2.30. The largest absolute Gasteiger partial charge is 0.466 e. The first-order valence-electron chi connectivity index (χ1n) is 10.7. The Hall–Kier alpha value is -2.12. The molecule has 3 atom stereocenters. The summed E-state index contributed by atoms with van der Waals surface area (Å²) in [5.41, 5.74) is 0.476. The predicted octanol–water partition coefficient (Wildman–Crippen LogP) is 3.92. The maximum Gasteiger partial charge on any atom is 0.407 e. The fourth-order valence-corrected chi connectivity index (χ4v) is 3.55. The Balaban J connectivity index is 2.19. The van der Waals surface area contributed by atoms with E-state index in [9.17, 15) is 9.59 Å². The summed E-state index contributed by atoms with van der Waals surface area (Å²) >= 11 is 0. The van der Waals surface area contributed by atoms with Crippen LogP contribution in [0.5, 0.6) is 0 Å². The molecule has 168 valence electrons. The molecule has 0 radical (unpaired) electrons. The number of rotatable bonds is 8. The highest BCUT2D eigenvalue weighted by Gasteiger charge is 2.45. The van der Waals surface area contributed by atoms with Gasteiger partial charge < -0.3 is 14.8 Å². The van der Waals surface area contributed by atoms with Gasteiger partial charge in [-0.15, -0.1) is 0 Å². The topological polar surface area (TPSA) is 77.1 Å². The number of hydrogen-bond donors (Lipinski definition) is 1. The second kappa shape index (κ2) is 10.8. The first-order valence-corrected chi connectivity index (χ1v) is 10.7. The molecule has 0 aromatic heterocycles. The maximum absolute atomic E-state index is 12.7. The summed E-state index contributed by atoms with van der Waals surface area (Å²) in [6.07, 6.45) is -0.387. The molecule has 2 unspecified atom stereocenters. The molecule has 1 amide bonds. The van der Waals surface area contributed by atoms with Crippen molar-refractivity contribution in [3.8, 4) is 0 Å². The molecule has 0 spiro atoms. The van der Waals surface area contributed by atoms with Gasteiger partial charge in [-0.3, -0.25) is 9.63 Å². The Morgan fingerprint density at radius 2 is 1.90 bits per heavy atom. The van der Waals surface area contributed by atoms with Crippen molar-refractivity contribution in [1.82, 2.24) is 10.4 Å². The zero-order valence-corrected chi connectivity index (χ0v) is 19.0. The molecule has 7 nitrogen and oxygen atoms in total. The number of carbonyl (C=O) groups is 2. The number of hydrogen-bond acceptors (Lipinski definition) is 6. The predicted molar refractivity (Wildman–Crippen MR) is 114 cm³/mol. The van der Waals surface area contributed by atoms with Gasteiger partial charge in [0.15, 0.2) is 0 Å². The average molecular weight is 421 g/mol. The molecule has 1 saturated heterocycles. The number of nitrogens with zero attached hydrogens (tertiary/aromatic N) is 1. The van der Waals surface area contributed by atoms with E-state index in [1.807, 2.05) is 51.1 Å². The Morgan fingerprint density at radius 1 is 1.23 bits per heavy atom. The normalized spacial score (nSPS) is 20.8. The van der Waals surface area contributed by atoms with Gasteiger partial charge in [-0.1, -0.05) is 44.2 Å². The van der Waals surface area contributed by atoms with Gasteiger partial charge in [0, 0.05) is 13.1 Å². The van der Waals surface area contributed by atoms with Crippen molar-refractivity contribution in [2.45, 2.75) is 72.3 Å². The van der Waals surface area contributed by atoms with Crippen LogP contribution in [0, 0.1) is 11.8 Å². The molecule has 0 saturated carbocycles. The van der Waals surface area contributed by atoms with Crippen LogP contribution in [0.4, 0.5) is 4.79 Å². The van der Waals surface area contributed by atoms with Crippen LogP contribution in [0.15, 0.2) is 30.3 Å². The summed E-state index contributed by atoms with van der Waals surface area (Å²) in [6.45, 7) is 12.6. The van der Waals surface area contributed by atoms with Crippen molar-refractivity contribution in [2.24, 2.45) is 11.8 Å². The van der Waals surface area contributed by atoms with Gasteiger partial charge >= 0.3 is 12.1 Å². The number of benzene rings is 1. The molecular formula is C23H36N2O5. The summed E-state index contributed by atoms with van der Waals surface area (Å²) in [5, 5.41) is 4.72. The Bertz CT molecular complexity index is 687. The number of carbonyl (C=O) groups excluding carboxylic acids is 2. The minimum absolute atomic E-state index is 0.291. The maximum atomic E-state index is 12.7. The number of ether oxygens (including phenoxy) is 2. The molecule has 1 aliphatic rings. The summed E-state index contributed by atoms with van der Waals surface area (Å²) in [4.78, 5) is 31.4.